The molecular weight excluding hydrogens is 352 g/mol. The third-order valence-corrected chi connectivity index (χ3v) is 5.75. The van der Waals surface area contributed by atoms with Crippen LogP contribution in [0.1, 0.15) is 23.1 Å². The van der Waals surface area contributed by atoms with E-state index in [1.54, 1.807) is 16.0 Å². The fourth-order valence-corrected chi connectivity index (χ4v) is 4.54. The third-order valence-electron chi connectivity index (χ3n) is 3.85. The monoisotopic (exact) mass is 368 g/mol. The van der Waals surface area contributed by atoms with Crippen molar-refractivity contribution < 1.29 is 4.79 Å². The summed E-state index contributed by atoms with van der Waals surface area (Å²) in [5, 5.41) is 11.1. The number of hydrogen-bond acceptors (Lipinski definition) is 5. The molecule has 0 bridgehead atoms. The Morgan fingerprint density at radius 3 is 2.92 bits per heavy atom. The molecule has 0 radical (unpaired) electrons. The van der Waals surface area contributed by atoms with Crippen molar-refractivity contribution in [1.29, 1.82) is 0 Å². The quantitative estimate of drug-likeness (QED) is 0.563. The maximum Gasteiger partial charge on any atom is 0.274 e. The lowest BCUT2D eigenvalue weighted by Crippen LogP contribution is -2.17. The molecule has 4 aromatic rings. The van der Waals surface area contributed by atoms with Crippen LogP contribution in [-0.4, -0.2) is 20.7 Å². The van der Waals surface area contributed by atoms with Crippen molar-refractivity contribution >= 4 is 43.8 Å². The Bertz CT molecular complexity index is 1030. The minimum atomic E-state index is -0.146. The molecule has 0 unspecified atom stereocenters. The lowest BCUT2D eigenvalue weighted by molar-refractivity contribution is 0.101. The number of nitrogens with one attached hydrogen (secondary N) is 1. The van der Waals surface area contributed by atoms with Crippen molar-refractivity contribution in [2.75, 3.05) is 5.32 Å². The van der Waals surface area contributed by atoms with Gasteiger partial charge in [0, 0.05) is 12.1 Å². The number of thiophene rings is 1. The summed E-state index contributed by atoms with van der Waals surface area (Å²) >= 11 is 3.13. The predicted octanol–water partition coefficient (Wildman–Crippen LogP) is 4.80. The maximum atomic E-state index is 12.7. The van der Waals surface area contributed by atoms with E-state index in [4.69, 9.17) is 4.98 Å². The van der Waals surface area contributed by atoms with Crippen LogP contribution in [0.2, 0.25) is 0 Å². The van der Waals surface area contributed by atoms with Crippen LogP contribution in [-0.2, 0) is 6.54 Å². The number of aromatic nitrogens is 3. The second kappa shape index (κ2) is 6.42. The highest BCUT2D eigenvalue weighted by atomic mass is 32.1. The van der Waals surface area contributed by atoms with Crippen molar-refractivity contribution in [1.82, 2.24) is 14.8 Å². The normalized spacial score (nSPS) is 11.1. The minimum absolute atomic E-state index is 0.146. The van der Waals surface area contributed by atoms with Crippen LogP contribution in [0.25, 0.3) is 20.8 Å². The van der Waals surface area contributed by atoms with Crippen LogP contribution in [0.4, 0.5) is 5.00 Å². The summed E-state index contributed by atoms with van der Waals surface area (Å²) in [6.07, 6.45) is 0. The van der Waals surface area contributed by atoms with Crippen molar-refractivity contribution in [3.63, 3.8) is 0 Å². The topological polar surface area (TPSA) is 59.8 Å². The summed E-state index contributed by atoms with van der Waals surface area (Å²) in [4.78, 5) is 17.4. The van der Waals surface area contributed by atoms with Gasteiger partial charge in [0.25, 0.3) is 5.91 Å². The van der Waals surface area contributed by atoms with Crippen LogP contribution in [0.5, 0.6) is 0 Å². The zero-order valence-corrected chi connectivity index (χ0v) is 15.4. The number of nitrogens with zero attached hydrogens (tertiary/aromatic N) is 3. The number of benzene rings is 1. The first-order valence-corrected chi connectivity index (χ1v) is 9.64. The van der Waals surface area contributed by atoms with Crippen molar-refractivity contribution in [2.45, 2.75) is 20.4 Å². The molecule has 7 heteroatoms. The molecule has 25 heavy (non-hydrogen) atoms. The summed E-state index contributed by atoms with van der Waals surface area (Å²) in [5.74, 6) is -0.146. The zero-order valence-electron chi connectivity index (χ0n) is 13.8. The highest BCUT2D eigenvalue weighted by molar-refractivity contribution is 7.22. The lowest BCUT2D eigenvalue weighted by Gasteiger charge is -2.06. The van der Waals surface area contributed by atoms with Gasteiger partial charge in [-0.15, -0.1) is 22.7 Å². The molecule has 5 nitrogen and oxygen atoms in total. The number of carbonyl (C=O) groups excluding carboxylic acids is 1. The second-order valence-electron chi connectivity index (χ2n) is 5.59. The van der Waals surface area contributed by atoms with Crippen molar-refractivity contribution in [3.05, 3.63) is 53.2 Å². The van der Waals surface area contributed by atoms with E-state index in [0.29, 0.717) is 12.2 Å². The number of carbonyl (C=O) groups is 1. The van der Waals surface area contributed by atoms with Gasteiger partial charge >= 0.3 is 0 Å². The Balaban J connectivity index is 1.66. The molecule has 3 aromatic heterocycles. The molecule has 4 rings (SSSR count). The molecule has 0 aliphatic rings. The predicted molar refractivity (Wildman–Crippen MR) is 104 cm³/mol. The van der Waals surface area contributed by atoms with Crippen LogP contribution in [0.3, 0.4) is 0 Å². The van der Waals surface area contributed by atoms with Crippen molar-refractivity contribution in [3.8, 4) is 10.6 Å². The van der Waals surface area contributed by atoms with Crippen LogP contribution >= 0.6 is 22.7 Å². The van der Waals surface area contributed by atoms with E-state index >= 15 is 0 Å². The smallest absolute Gasteiger partial charge is 0.274 e. The molecule has 1 amide bonds. The number of aryl methyl sites for hydroxylation is 2. The summed E-state index contributed by atoms with van der Waals surface area (Å²) in [7, 11) is 0. The first-order valence-electron chi connectivity index (χ1n) is 7.95. The highest BCUT2D eigenvalue weighted by Crippen LogP contribution is 2.37. The van der Waals surface area contributed by atoms with E-state index in [-0.39, 0.29) is 5.91 Å². The largest absolute Gasteiger partial charge is 0.312 e. The molecule has 0 aliphatic carbocycles. The number of rotatable bonds is 4. The van der Waals surface area contributed by atoms with Gasteiger partial charge in [-0.3, -0.25) is 9.48 Å². The van der Waals surface area contributed by atoms with E-state index in [2.05, 4.69) is 16.5 Å². The Morgan fingerprint density at radius 1 is 1.28 bits per heavy atom. The number of thiazole rings is 1. The molecule has 3 heterocycles. The number of anilines is 1. The van der Waals surface area contributed by atoms with E-state index in [9.17, 15) is 4.79 Å². The number of para-hydroxylation sites is 1. The van der Waals surface area contributed by atoms with Gasteiger partial charge < -0.3 is 5.32 Å². The molecule has 1 N–H and O–H groups in total. The summed E-state index contributed by atoms with van der Waals surface area (Å²) in [6.45, 7) is 4.52. The first kappa shape index (κ1) is 16.0. The molecule has 0 fully saturated rings. The van der Waals surface area contributed by atoms with Crippen LogP contribution in [0, 0.1) is 6.92 Å². The Labute approximate surface area is 153 Å². The maximum absolute atomic E-state index is 12.7. The first-order chi connectivity index (χ1) is 12.2. The van der Waals surface area contributed by atoms with Gasteiger partial charge in [0.05, 0.1) is 15.9 Å². The van der Waals surface area contributed by atoms with Gasteiger partial charge in [-0.25, -0.2) is 4.98 Å². The SMILES string of the molecule is CCn1nc(C)cc1C(=O)Nc1sccc1-c1nc2ccccc2s1. The molecule has 0 saturated heterocycles. The van der Waals surface area contributed by atoms with Gasteiger partial charge in [0.2, 0.25) is 0 Å². The molecular formula is C18H16N4OS2. The molecule has 0 atom stereocenters. The molecule has 0 aliphatic heterocycles. The molecule has 0 saturated carbocycles. The number of amides is 1. The lowest BCUT2D eigenvalue weighted by atomic mass is 10.3. The van der Waals surface area contributed by atoms with Gasteiger partial charge in [-0.05, 0) is 43.5 Å². The fourth-order valence-electron chi connectivity index (χ4n) is 2.70. The van der Waals surface area contributed by atoms with Gasteiger partial charge in [0.1, 0.15) is 15.7 Å². The van der Waals surface area contributed by atoms with E-state index < -0.39 is 0 Å². The van der Waals surface area contributed by atoms with Crippen molar-refractivity contribution in [2.24, 2.45) is 0 Å². The Kier molecular flexibility index (Phi) is 4.10. The average Bonchev–Trinajstić information content (AvgIpc) is 3.31. The number of hydrogen-bond donors (Lipinski definition) is 1. The minimum Gasteiger partial charge on any atom is -0.312 e. The summed E-state index contributed by atoms with van der Waals surface area (Å²) < 4.78 is 2.86. The average molecular weight is 368 g/mol. The summed E-state index contributed by atoms with van der Waals surface area (Å²) in [5.41, 5.74) is 3.35. The van der Waals surface area contributed by atoms with Crippen LogP contribution < -0.4 is 5.32 Å². The Hall–Kier alpha value is -2.51. The fraction of sp³-hybridized carbons (Fsp3) is 0.167. The summed E-state index contributed by atoms with van der Waals surface area (Å²) in [6, 6.07) is 11.9. The zero-order chi connectivity index (χ0) is 17.4. The molecule has 1 aromatic carbocycles. The van der Waals surface area contributed by atoms with Crippen LogP contribution in [0.15, 0.2) is 41.8 Å². The third kappa shape index (κ3) is 2.96. The van der Waals surface area contributed by atoms with E-state index in [1.165, 1.54) is 11.3 Å². The highest BCUT2D eigenvalue weighted by Gasteiger charge is 2.18. The Morgan fingerprint density at radius 2 is 2.12 bits per heavy atom. The van der Waals surface area contributed by atoms with E-state index in [1.807, 2.05) is 49.6 Å². The number of fused-ring (bicyclic) bond motifs is 1. The second-order valence-corrected chi connectivity index (χ2v) is 7.54. The van der Waals surface area contributed by atoms with Gasteiger partial charge in [0.15, 0.2) is 0 Å². The van der Waals surface area contributed by atoms with Gasteiger partial charge in [-0.1, -0.05) is 12.1 Å². The van der Waals surface area contributed by atoms with E-state index in [0.717, 1.165) is 31.5 Å². The van der Waals surface area contributed by atoms with Gasteiger partial charge in [-0.2, -0.15) is 5.10 Å². The molecule has 0 spiro atoms. The molecule has 126 valence electrons. The standard InChI is InChI=1S/C18H16N4OS2/c1-3-22-14(10-11(2)21-22)16(23)20-17-12(8-9-24-17)18-19-13-6-4-5-7-15(13)25-18/h4-10H,3H2,1-2H3,(H,20,23).